The number of amides is 1. The van der Waals surface area contributed by atoms with Gasteiger partial charge >= 0.3 is 11.7 Å². The molecule has 0 aliphatic heterocycles. The Balaban J connectivity index is 1.16. The van der Waals surface area contributed by atoms with Crippen molar-refractivity contribution < 1.29 is 31.9 Å². The molecule has 1 amide bonds. The maximum atomic E-state index is 15.1. The molecule has 3 N–H and O–H groups in total. The highest BCUT2D eigenvalue weighted by atomic mass is 32.2. The van der Waals surface area contributed by atoms with Crippen LogP contribution in [-0.2, 0) is 34.7 Å². The summed E-state index contributed by atoms with van der Waals surface area (Å²) in [5, 5.41) is 20.0. The Labute approximate surface area is 292 Å². The van der Waals surface area contributed by atoms with Crippen molar-refractivity contribution in [1.82, 2.24) is 39.4 Å². The quantitative estimate of drug-likeness (QED) is 0.176. The van der Waals surface area contributed by atoms with E-state index in [1.165, 1.54) is 77.4 Å². The van der Waals surface area contributed by atoms with Crippen LogP contribution < -0.4 is 21.3 Å². The fourth-order valence-corrected chi connectivity index (χ4v) is 6.26. The van der Waals surface area contributed by atoms with Crippen LogP contribution in [0.1, 0.15) is 28.5 Å². The summed E-state index contributed by atoms with van der Waals surface area (Å²) >= 11 is 0. The van der Waals surface area contributed by atoms with E-state index in [0.717, 1.165) is 10.3 Å². The van der Waals surface area contributed by atoms with Gasteiger partial charge in [0.1, 0.15) is 23.5 Å². The van der Waals surface area contributed by atoms with Crippen molar-refractivity contribution in [3.63, 3.8) is 0 Å². The predicted molar refractivity (Wildman–Crippen MR) is 181 cm³/mol. The average Bonchev–Trinajstić information content (AvgIpc) is 3.62. The van der Waals surface area contributed by atoms with E-state index < -0.39 is 62.1 Å². The van der Waals surface area contributed by atoms with Crippen LogP contribution in [0.15, 0.2) is 93.9 Å². The number of benzene rings is 2. The zero-order valence-corrected chi connectivity index (χ0v) is 28.0. The van der Waals surface area contributed by atoms with Crippen LogP contribution in [0.2, 0.25) is 0 Å². The predicted octanol–water partition coefficient (Wildman–Crippen LogP) is 2.13. The Morgan fingerprint density at radius 2 is 1.75 bits per heavy atom. The monoisotopic (exact) mass is 731 g/mol. The highest BCUT2D eigenvalue weighted by molar-refractivity contribution is 7.92. The van der Waals surface area contributed by atoms with Gasteiger partial charge in [-0.3, -0.25) is 23.9 Å². The first-order chi connectivity index (χ1) is 24.8. The van der Waals surface area contributed by atoms with Crippen molar-refractivity contribution in [1.29, 1.82) is 0 Å². The van der Waals surface area contributed by atoms with Gasteiger partial charge in [-0.05, 0) is 54.4 Å². The first-order valence-electron chi connectivity index (χ1n) is 15.4. The molecule has 0 fully saturated rings. The van der Waals surface area contributed by atoms with Crippen LogP contribution in [0.25, 0.3) is 22.4 Å². The number of carbonyl (C=O) groups excluding carboxylic acids is 1. The number of carboxylic acid groups (broad SMARTS) is 1. The van der Waals surface area contributed by atoms with Crippen molar-refractivity contribution in [3.8, 4) is 11.5 Å². The minimum Gasteiger partial charge on any atom is -0.480 e. The van der Waals surface area contributed by atoms with E-state index in [9.17, 15) is 32.7 Å². The number of sulfonamides is 1. The maximum absolute atomic E-state index is 15.1. The fourth-order valence-electron chi connectivity index (χ4n) is 5.21. The summed E-state index contributed by atoms with van der Waals surface area (Å²) in [5.41, 5.74) is -1.22. The highest BCUT2D eigenvalue weighted by Gasteiger charge is 2.26. The van der Waals surface area contributed by atoms with Crippen LogP contribution in [0.4, 0.5) is 14.5 Å². The lowest BCUT2D eigenvalue weighted by Gasteiger charge is -2.16. The molecule has 6 rings (SSSR count). The number of hydrogen-bond acceptors (Lipinski definition) is 10. The molecule has 0 saturated carbocycles. The molecule has 6 aromatic rings. The molecule has 0 aliphatic rings. The molecular weight excluding hydrogens is 704 g/mol. The minimum absolute atomic E-state index is 0.0495. The van der Waals surface area contributed by atoms with E-state index in [4.69, 9.17) is 0 Å². The molecule has 266 valence electrons. The number of aromatic nitrogens is 7. The number of carboxylic acids is 1. The zero-order valence-electron chi connectivity index (χ0n) is 27.2. The van der Waals surface area contributed by atoms with Crippen molar-refractivity contribution in [2.45, 2.75) is 30.7 Å². The standard InChI is InChI=1S/C33H27F2N9O7S/c1-3-19-17-43(41-39-19)20-5-7-21(8-6-20)52(50,51)40-26-14-24(34)23(13-25(26)35)30(45)38-27(32(47)48)12-18-4-9-29(37-15-18)44-31(46)22-10-11-36-16-28(22)42(2)33(44)49/h4-11,13-17,27,40H,3,12H2,1-2H3,(H,38,45)(H,47,48)/t27-/m0/s1. The molecule has 52 heavy (non-hydrogen) atoms. The summed E-state index contributed by atoms with van der Waals surface area (Å²) in [6, 6.07) is 8.76. The SMILES string of the molecule is CCc1cn(-c2ccc(S(=O)(=O)Nc3cc(F)c(C(=O)N[C@@H](Cc4ccc(-n5c(=O)c6ccncc6n(C)c5=O)nc4)C(=O)O)cc3F)cc2)nn1. The molecule has 0 unspecified atom stereocenters. The summed E-state index contributed by atoms with van der Waals surface area (Å²) < 4.78 is 61.6. The number of pyridine rings is 2. The minimum atomic E-state index is -4.41. The van der Waals surface area contributed by atoms with E-state index in [1.807, 2.05) is 11.6 Å². The van der Waals surface area contributed by atoms with Gasteiger partial charge in [0.2, 0.25) is 0 Å². The first-order valence-corrected chi connectivity index (χ1v) is 16.8. The van der Waals surface area contributed by atoms with Crippen LogP contribution in [0, 0.1) is 11.6 Å². The van der Waals surface area contributed by atoms with Crippen LogP contribution in [-0.4, -0.2) is 65.5 Å². The molecule has 2 aromatic carbocycles. The van der Waals surface area contributed by atoms with E-state index in [1.54, 1.807) is 6.20 Å². The molecule has 0 bridgehead atoms. The van der Waals surface area contributed by atoms with Crippen molar-refractivity contribution in [2.24, 2.45) is 7.05 Å². The van der Waals surface area contributed by atoms with Gasteiger partial charge < -0.3 is 10.4 Å². The molecule has 0 aliphatic carbocycles. The van der Waals surface area contributed by atoms with Crippen molar-refractivity contribution >= 4 is 38.5 Å². The second kappa shape index (κ2) is 13.9. The topological polar surface area (TPSA) is 213 Å². The second-order valence-corrected chi connectivity index (χ2v) is 13.1. The van der Waals surface area contributed by atoms with E-state index >= 15 is 8.78 Å². The number of aliphatic carboxylic acids is 1. The summed E-state index contributed by atoms with van der Waals surface area (Å²) in [6.07, 6.45) is 5.92. The lowest BCUT2D eigenvalue weighted by Crippen LogP contribution is -2.42. The van der Waals surface area contributed by atoms with Gasteiger partial charge in [0, 0.05) is 31.9 Å². The normalized spacial score (nSPS) is 12.1. The van der Waals surface area contributed by atoms with Gasteiger partial charge in [-0.15, -0.1) is 5.10 Å². The molecular formula is C33H27F2N9O7S. The molecule has 4 heterocycles. The highest BCUT2D eigenvalue weighted by Crippen LogP contribution is 2.24. The van der Waals surface area contributed by atoms with Crippen LogP contribution in [0.3, 0.4) is 0 Å². The van der Waals surface area contributed by atoms with E-state index in [0.29, 0.717) is 29.8 Å². The third-order valence-electron chi connectivity index (χ3n) is 8.01. The summed E-state index contributed by atoms with van der Waals surface area (Å²) in [4.78, 5) is 58.7. The van der Waals surface area contributed by atoms with Gasteiger partial charge in [-0.2, -0.15) is 0 Å². The number of carbonyl (C=O) groups is 2. The third kappa shape index (κ3) is 6.88. The van der Waals surface area contributed by atoms with Crippen molar-refractivity contribution in [3.05, 3.63) is 129 Å². The fraction of sp³-hybridized carbons (Fsp3) is 0.152. The van der Waals surface area contributed by atoms with Crippen molar-refractivity contribution in [2.75, 3.05) is 4.72 Å². The van der Waals surface area contributed by atoms with Gasteiger partial charge in [0.05, 0.1) is 50.8 Å². The Morgan fingerprint density at radius 1 is 1.00 bits per heavy atom. The van der Waals surface area contributed by atoms with E-state index in [-0.39, 0.29) is 28.1 Å². The molecule has 16 nitrogen and oxygen atoms in total. The molecule has 0 saturated heterocycles. The summed E-state index contributed by atoms with van der Waals surface area (Å²) in [6.45, 7) is 1.90. The van der Waals surface area contributed by atoms with Gasteiger partial charge in [-0.25, -0.2) is 41.0 Å². The maximum Gasteiger partial charge on any atom is 0.337 e. The summed E-state index contributed by atoms with van der Waals surface area (Å²) in [7, 11) is -2.95. The number of hydrogen-bond donors (Lipinski definition) is 3. The Kier molecular flexibility index (Phi) is 9.44. The van der Waals surface area contributed by atoms with Gasteiger partial charge in [0.15, 0.2) is 0 Å². The lowest BCUT2D eigenvalue weighted by molar-refractivity contribution is -0.139. The Morgan fingerprint density at radius 3 is 2.40 bits per heavy atom. The average molecular weight is 732 g/mol. The number of rotatable bonds is 11. The number of nitrogens with one attached hydrogen (secondary N) is 2. The van der Waals surface area contributed by atoms with Crippen LogP contribution >= 0.6 is 0 Å². The number of halogens is 2. The number of anilines is 1. The summed E-state index contributed by atoms with van der Waals surface area (Å²) in [5.74, 6) is -5.50. The first kappa shape index (κ1) is 35.2. The zero-order chi connectivity index (χ0) is 37.3. The Hall–Kier alpha value is -6.63. The molecule has 4 aromatic heterocycles. The van der Waals surface area contributed by atoms with Gasteiger partial charge in [-0.1, -0.05) is 18.2 Å². The number of aryl methyl sites for hydroxylation is 2. The Bertz CT molecular complexity index is 2590. The number of nitrogens with zero attached hydrogens (tertiary/aromatic N) is 7. The van der Waals surface area contributed by atoms with E-state index in [2.05, 4.69) is 25.6 Å². The lowest BCUT2D eigenvalue weighted by atomic mass is 10.1. The third-order valence-corrected chi connectivity index (χ3v) is 9.40. The molecule has 0 spiro atoms. The molecule has 1 atom stereocenters. The number of fused-ring (bicyclic) bond motifs is 1. The largest absolute Gasteiger partial charge is 0.480 e. The second-order valence-electron chi connectivity index (χ2n) is 11.4. The molecule has 0 radical (unpaired) electrons. The van der Waals surface area contributed by atoms with Gasteiger partial charge in [0.25, 0.3) is 21.5 Å². The smallest absolute Gasteiger partial charge is 0.337 e. The molecule has 19 heteroatoms. The van der Waals surface area contributed by atoms with Crippen LogP contribution in [0.5, 0.6) is 0 Å².